The Morgan fingerprint density at radius 3 is 2.56 bits per heavy atom. The zero-order valence-corrected chi connectivity index (χ0v) is 11.3. The summed E-state index contributed by atoms with van der Waals surface area (Å²) in [6, 6.07) is 9.73. The third kappa shape index (κ3) is 2.54. The fourth-order valence-corrected chi connectivity index (χ4v) is 2.69. The van der Waals surface area contributed by atoms with Crippen molar-refractivity contribution in [1.29, 1.82) is 0 Å². The number of hydrogen-bond acceptors (Lipinski definition) is 2. The number of nitrogens with two attached hydrogens (primary N) is 1. The van der Waals surface area contributed by atoms with E-state index in [2.05, 4.69) is 36.1 Å². The molecule has 18 heavy (non-hydrogen) atoms. The van der Waals surface area contributed by atoms with Crippen LogP contribution in [0.15, 0.2) is 24.3 Å². The van der Waals surface area contributed by atoms with Gasteiger partial charge in [0, 0.05) is 24.3 Å². The van der Waals surface area contributed by atoms with E-state index in [0.29, 0.717) is 0 Å². The smallest absolute Gasteiger partial charge is 0.0417 e. The molecule has 0 heterocycles. The lowest BCUT2D eigenvalue weighted by molar-refractivity contribution is 0.673. The molecule has 3 rings (SSSR count). The SMILES string of the molecule is CCC(N)c1ccccc1N(CC1CC1)C1CC1. The molecule has 2 heteroatoms. The van der Waals surface area contributed by atoms with Gasteiger partial charge in [0.1, 0.15) is 0 Å². The van der Waals surface area contributed by atoms with E-state index in [9.17, 15) is 0 Å². The fraction of sp³-hybridized carbons (Fsp3) is 0.625. The zero-order valence-electron chi connectivity index (χ0n) is 11.3. The second-order valence-corrected chi connectivity index (χ2v) is 5.90. The third-order valence-electron chi connectivity index (χ3n) is 4.22. The van der Waals surface area contributed by atoms with Gasteiger partial charge in [0.2, 0.25) is 0 Å². The van der Waals surface area contributed by atoms with E-state index in [1.807, 2.05) is 0 Å². The van der Waals surface area contributed by atoms with Crippen molar-refractivity contribution in [3.63, 3.8) is 0 Å². The van der Waals surface area contributed by atoms with Crippen LogP contribution in [0.4, 0.5) is 5.69 Å². The van der Waals surface area contributed by atoms with Crippen molar-refractivity contribution in [2.45, 2.75) is 51.1 Å². The molecule has 1 aromatic carbocycles. The summed E-state index contributed by atoms with van der Waals surface area (Å²) in [6.45, 7) is 3.42. The van der Waals surface area contributed by atoms with Gasteiger partial charge in [0.05, 0.1) is 0 Å². The van der Waals surface area contributed by atoms with Crippen LogP contribution < -0.4 is 10.6 Å². The van der Waals surface area contributed by atoms with E-state index in [1.165, 1.54) is 43.5 Å². The Kier molecular flexibility index (Phi) is 3.29. The van der Waals surface area contributed by atoms with Gasteiger partial charge in [0.15, 0.2) is 0 Å². The number of benzene rings is 1. The Morgan fingerprint density at radius 2 is 1.94 bits per heavy atom. The van der Waals surface area contributed by atoms with Gasteiger partial charge in [-0.3, -0.25) is 0 Å². The number of anilines is 1. The third-order valence-corrected chi connectivity index (χ3v) is 4.22. The van der Waals surface area contributed by atoms with Crippen molar-refractivity contribution < 1.29 is 0 Å². The predicted molar refractivity (Wildman–Crippen MR) is 76.8 cm³/mol. The monoisotopic (exact) mass is 244 g/mol. The minimum Gasteiger partial charge on any atom is -0.368 e. The Labute approximate surface area is 110 Å². The first-order valence-corrected chi connectivity index (χ1v) is 7.40. The van der Waals surface area contributed by atoms with Gasteiger partial charge in [0.25, 0.3) is 0 Å². The van der Waals surface area contributed by atoms with E-state index in [0.717, 1.165) is 18.4 Å². The van der Waals surface area contributed by atoms with Gasteiger partial charge in [-0.25, -0.2) is 0 Å². The highest BCUT2D eigenvalue weighted by atomic mass is 15.2. The van der Waals surface area contributed by atoms with Crippen molar-refractivity contribution in [2.24, 2.45) is 11.7 Å². The van der Waals surface area contributed by atoms with Crippen LogP contribution in [-0.4, -0.2) is 12.6 Å². The number of nitrogens with zero attached hydrogens (tertiary/aromatic N) is 1. The van der Waals surface area contributed by atoms with E-state index >= 15 is 0 Å². The molecule has 98 valence electrons. The topological polar surface area (TPSA) is 29.3 Å². The molecule has 1 aromatic rings. The van der Waals surface area contributed by atoms with Crippen LogP contribution in [-0.2, 0) is 0 Å². The first-order chi connectivity index (χ1) is 8.79. The van der Waals surface area contributed by atoms with Gasteiger partial charge in [-0.15, -0.1) is 0 Å². The quantitative estimate of drug-likeness (QED) is 0.830. The van der Waals surface area contributed by atoms with E-state index in [4.69, 9.17) is 5.73 Å². The summed E-state index contributed by atoms with van der Waals surface area (Å²) in [7, 11) is 0. The lowest BCUT2D eigenvalue weighted by Gasteiger charge is -2.28. The Hall–Kier alpha value is -1.02. The summed E-state index contributed by atoms with van der Waals surface area (Å²) >= 11 is 0. The van der Waals surface area contributed by atoms with Crippen LogP contribution in [0.1, 0.15) is 50.6 Å². The van der Waals surface area contributed by atoms with Crippen molar-refractivity contribution >= 4 is 5.69 Å². The normalized spacial score (nSPS) is 20.8. The fourth-order valence-electron chi connectivity index (χ4n) is 2.69. The summed E-state index contributed by atoms with van der Waals surface area (Å²) in [5.41, 5.74) is 9.02. The van der Waals surface area contributed by atoms with Crippen molar-refractivity contribution in [1.82, 2.24) is 0 Å². The maximum atomic E-state index is 6.27. The standard InChI is InChI=1S/C16H24N2/c1-2-15(17)14-5-3-4-6-16(14)18(13-9-10-13)11-12-7-8-12/h3-6,12-13,15H,2,7-11,17H2,1H3. The molecular formula is C16H24N2. The van der Waals surface area contributed by atoms with E-state index < -0.39 is 0 Å². The molecule has 0 radical (unpaired) electrons. The Balaban J connectivity index is 1.87. The predicted octanol–water partition coefficient (Wildman–Crippen LogP) is 3.48. The number of rotatable bonds is 6. The van der Waals surface area contributed by atoms with Crippen molar-refractivity contribution in [3.8, 4) is 0 Å². The van der Waals surface area contributed by atoms with E-state index in [-0.39, 0.29) is 6.04 Å². The lowest BCUT2D eigenvalue weighted by atomic mass is 10.0. The molecule has 1 unspecified atom stereocenters. The molecular weight excluding hydrogens is 220 g/mol. The maximum Gasteiger partial charge on any atom is 0.0417 e. The van der Waals surface area contributed by atoms with Crippen molar-refractivity contribution in [2.75, 3.05) is 11.4 Å². The van der Waals surface area contributed by atoms with Crippen LogP contribution in [0, 0.1) is 5.92 Å². The number of para-hydroxylation sites is 1. The molecule has 2 aliphatic rings. The van der Waals surface area contributed by atoms with Gasteiger partial charge in [-0.2, -0.15) is 0 Å². The largest absolute Gasteiger partial charge is 0.368 e. The molecule has 2 N–H and O–H groups in total. The van der Waals surface area contributed by atoms with Crippen molar-refractivity contribution in [3.05, 3.63) is 29.8 Å². The molecule has 0 spiro atoms. The second kappa shape index (κ2) is 4.93. The molecule has 2 fully saturated rings. The Morgan fingerprint density at radius 1 is 1.22 bits per heavy atom. The second-order valence-electron chi connectivity index (χ2n) is 5.90. The summed E-state index contributed by atoms with van der Waals surface area (Å²) < 4.78 is 0. The number of hydrogen-bond donors (Lipinski definition) is 1. The van der Waals surface area contributed by atoms with Crippen LogP contribution >= 0.6 is 0 Å². The summed E-state index contributed by atoms with van der Waals surface area (Å²) in [6.07, 6.45) is 6.58. The van der Waals surface area contributed by atoms with Crippen LogP contribution in [0.25, 0.3) is 0 Å². The first-order valence-electron chi connectivity index (χ1n) is 7.40. The zero-order chi connectivity index (χ0) is 12.5. The first kappa shape index (κ1) is 12.0. The van der Waals surface area contributed by atoms with E-state index in [1.54, 1.807) is 0 Å². The minimum absolute atomic E-state index is 0.182. The molecule has 1 atom stereocenters. The summed E-state index contributed by atoms with van der Waals surface area (Å²) in [5.74, 6) is 0.941. The molecule has 2 aliphatic carbocycles. The molecule has 0 aromatic heterocycles. The van der Waals surface area contributed by atoms with Crippen LogP contribution in [0.2, 0.25) is 0 Å². The van der Waals surface area contributed by atoms with Gasteiger partial charge >= 0.3 is 0 Å². The summed E-state index contributed by atoms with van der Waals surface area (Å²) in [5, 5.41) is 0. The highest BCUT2D eigenvalue weighted by Crippen LogP contribution is 2.40. The Bertz CT molecular complexity index is 407. The molecule has 2 nitrogen and oxygen atoms in total. The molecule has 2 saturated carbocycles. The highest BCUT2D eigenvalue weighted by Gasteiger charge is 2.34. The maximum absolute atomic E-state index is 6.27. The molecule has 0 amide bonds. The minimum atomic E-state index is 0.182. The highest BCUT2D eigenvalue weighted by molar-refractivity contribution is 5.56. The lowest BCUT2D eigenvalue weighted by Crippen LogP contribution is -2.30. The molecule has 0 aliphatic heterocycles. The molecule has 0 saturated heterocycles. The van der Waals surface area contributed by atoms with Gasteiger partial charge in [-0.1, -0.05) is 25.1 Å². The van der Waals surface area contributed by atoms with Gasteiger partial charge in [-0.05, 0) is 49.7 Å². The van der Waals surface area contributed by atoms with Crippen LogP contribution in [0.3, 0.4) is 0 Å². The van der Waals surface area contributed by atoms with Gasteiger partial charge < -0.3 is 10.6 Å². The molecule has 0 bridgehead atoms. The summed E-state index contributed by atoms with van der Waals surface area (Å²) in [4.78, 5) is 2.64. The average Bonchev–Trinajstić information content (AvgIpc) is 3.28. The van der Waals surface area contributed by atoms with Crippen LogP contribution in [0.5, 0.6) is 0 Å². The average molecular weight is 244 g/mol.